The van der Waals surface area contributed by atoms with Crippen LogP contribution in [0, 0.1) is 0 Å². The Morgan fingerprint density at radius 3 is 1.69 bits per heavy atom. The Morgan fingerprint density at radius 2 is 1.00 bits per heavy atom. The van der Waals surface area contributed by atoms with Crippen LogP contribution in [-0.2, 0) is 0 Å². The number of fused-ring (bicyclic) bond motifs is 10. The maximum absolute atomic E-state index is 5.17. The standard InChI is InChI=1S/C38H24N4/c1-3-13-25(14-4-1)32-23-27(24-33(39-32)26-15-5-2-6-16-26)41-34-21-11-9-19-30(34)36-28-17-7-8-18-29(28)37-40-31-20-10-12-22-35(31)42(37)38(36)41/h1-24H. The van der Waals surface area contributed by atoms with Crippen LogP contribution in [0.1, 0.15) is 0 Å². The fourth-order valence-corrected chi connectivity index (χ4v) is 6.44. The second-order valence-corrected chi connectivity index (χ2v) is 10.7. The summed E-state index contributed by atoms with van der Waals surface area (Å²) in [4.78, 5) is 10.3. The second kappa shape index (κ2) is 8.88. The number of imidazole rings is 1. The van der Waals surface area contributed by atoms with E-state index in [1.165, 1.54) is 16.2 Å². The normalized spacial score (nSPS) is 11.8. The number of nitrogens with zero attached hydrogens (tertiary/aromatic N) is 4. The molecule has 4 aromatic heterocycles. The molecule has 0 aliphatic carbocycles. The number of hydrogen-bond acceptors (Lipinski definition) is 2. The predicted molar refractivity (Wildman–Crippen MR) is 173 cm³/mol. The number of aromatic nitrogens is 4. The van der Waals surface area contributed by atoms with Gasteiger partial charge in [0.1, 0.15) is 11.3 Å². The lowest BCUT2D eigenvalue weighted by Gasteiger charge is -2.14. The highest BCUT2D eigenvalue weighted by molar-refractivity contribution is 6.24. The van der Waals surface area contributed by atoms with Crippen molar-refractivity contribution in [1.82, 2.24) is 18.9 Å². The van der Waals surface area contributed by atoms with Crippen molar-refractivity contribution in [2.45, 2.75) is 0 Å². The van der Waals surface area contributed by atoms with Crippen LogP contribution < -0.4 is 0 Å². The van der Waals surface area contributed by atoms with Gasteiger partial charge in [-0.05, 0) is 35.7 Å². The number of pyridine rings is 2. The van der Waals surface area contributed by atoms with Crippen molar-refractivity contribution in [3.05, 3.63) is 146 Å². The van der Waals surface area contributed by atoms with E-state index in [4.69, 9.17) is 9.97 Å². The molecule has 196 valence electrons. The van der Waals surface area contributed by atoms with E-state index in [0.717, 1.165) is 61.4 Å². The van der Waals surface area contributed by atoms with Crippen molar-refractivity contribution in [2.75, 3.05) is 0 Å². The van der Waals surface area contributed by atoms with Gasteiger partial charge in [0.05, 0.1) is 33.6 Å². The Bertz CT molecular complexity index is 2390. The fraction of sp³-hybridized carbons (Fsp3) is 0. The summed E-state index contributed by atoms with van der Waals surface area (Å²) in [5.41, 5.74) is 10.4. The first-order chi connectivity index (χ1) is 20.8. The third kappa shape index (κ3) is 3.29. The fourth-order valence-electron chi connectivity index (χ4n) is 6.44. The summed E-state index contributed by atoms with van der Waals surface area (Å²) in [5.74, 6) is 0. The van der Waals surface area contributed by atoms with Crippen LogP contribution in [0.3, 0.4) is 0 Å². The van der Waals surface area contributed by atoms with Gasteiger partial charge in [0.15, 0.2) is 0 Å². The molecule has 42 heavy (non-hydrogen) atoms. The summed E-state index contributed by atoms with van der Waals surface area (Å²) in [5, 5.41) is 4.78. The van der Waals surface area contributed by atoms with Crippen LogP contribution in [0.5, 0.6) is 0 Å². The molecule has 0 aliphatic rings. The van der Waals surface area contributed by atoms with Crippen molar-refractivity contribution in [2.24, 2.45) is 0 Å². The van der Waals surface area contributed by atoms with Crippen LogP contribution in [0.4, 0.5) is 0 Å². The van der Waals surface area contributed by atoms with Gasteiger partial charge in [0.25, 0.3) is 0 Å². The molecule has 4 heterocycles. The lowest BCUT2D eigenvalue weighted by atomic mass is 10.1. The zero-order valence-electron chi connectivity index (χ0n) is 22.6. The molecule has 0 amide bonds. The molecular formula is C38H24N4. The van der Waals surface area contributed by atoms with E-state index in [9.17, 15) is 0 Å². The Morgan fingerprint density at radius 1 is 0.452 bits per heavy atom. The highest BCUT2D eigenvalue weighted by atomic mass is 15.1. The molecule has 0 spiro atoms. The number of hydrogen-bond donors (Lipinski definition) is 0. The maximum Gasteiger partial charge on any atom is 0.147 e. The van der Waals surface area contributed by atoms with Gasteiger partial charge < -0.3 is 0 Å². The van der Waals surface area contributed by atoms with Gasteiger partial charge in [-0.1, -0.05) is 115 Å². The van der Waals surface area contributed by atoms with E-state index >= 15 is 0 Å². The van der Waals surface area contributed by atoms with Crippen LogP contribution >= 0.6 is 0 Å². The van der Waals surface area contributed by atoms with Crippen molar-refractivity contribution < 1.29 is 0 Å². The largest absolute Gasteiger partial charge is 0.295 e. The maximum atomic E-state index is 5.17. The Hall–Kier alpha value is -5.74. The van der Waals surface area contributed by atoms with Gasteiger partial charge in [-0.3, -0.25) is 8.97 Å². The van der Waals surface area contributed by atoms with E-state index in [1.54, 1.807) is 0 Å². The average Bonchev–Trinajstić information content (AvgIpc) is 3.62. The molecule has 9 aromatic rings. The van der Waals surface area contributed by atoms with Gasteiger partial charge >= 0.3 is 0 Å². The summed E-state index contributed by atoms with van der Waals surface area (Å²) in [6, 6.07) is 51.1. The topological polar surface area (TPSA) is 35.1 Å². The van der Waals surface area contributed by atoms with E-state index in [1.807, 2.05) is 12.1 Å². The summed E-state index contributed by atoms with van der Waals surface area (Å²) >= 11 is 0. The Kier molecular flexibility index (Phi) is 4.87. The highest BCUT2D eigenvalue weighted by Crippen LogP contribution is 2.40. The molecule has 0 radical (unpaired) electrons. The molecule has 0 bridgehead atoms. The zero-order valence-corrected chi connectivity index (χ0v) is 22.6. The van der Waals surface area contributed by atoms with Crippen molar-refractivity contribution in [3.8, 4) is 28.2 Å². The van der Waals surface area contributed by atoms with E-state index in [2.05, 4.69) is 142 Å². The van der Waals surface area contributed by atoms with Crippen LogP contribution in [0.2, 0.25) is 0 Å². The van der Waals surface area contributed by atoms with Crippen LogP contribution in [0.15, 0.2) is 146 Å². The third-order valence-electron chi connectivity index (χ3n) is 8.27. The molecule has 0 saturated carbocycles. The van der Waals surface area contributed by atoms with Crippen molar-refractivity contribution >= 4 is 49.4 Å². The summed E-state index contributed by atoms with van der Waals surface area (Å²) in [7, 11) is 0. The second-order valence-electron chi connectivity index (χ2n) is 10.7. The van der Waals surface area contributed by atoms with E-state index in [0.29, 0.717) is 0 Å². The monoisotopic (exact) mass is 536 g/mol. The molecular weight excluding hydrogens is 512 g/mol. The molecule has 0 unspecified atom stereocenters. The molecule has 4 heteroatoms. The molecule has 0 atom stereocenters. The first kappa shape index (κ1) is 23.0. The van der Waals surface area contributed by atoms with Gasteiger partial charge in [-0.25, -0.2) is 9.97 Å². The van der Waals surface area contributed by atoms with Gasteiger partial charge in [0.2, 0.25) is 0 Å². The number of benzene rings is 5. The molecule has 0 N–H and O–H groups in total. The Labute approximate surface area is 241 Å². The minimum Gasteiger partial charge on any atom is -0.295 e. The smallest absolute Gasteiger partial charge is 0.147 e. The average molecular weight is 537 g/mol. The number of para-hydroxylation sites is 3. The zero-order chi connectivity index (χ0) is 27.6. The molecule has 4 nitrogen and oxygen atoms in total. The SMILES string of the molecule is c1ccc(-c2cc(-n3c4ccccc4c4c5ccccc5c5nc6ccccc6n5c43)cc(-c3ccccc3)n2)cc1. The minimum atomic E-state index is 0.936. The van der Waals surface area contributed by atoms with Gasteiger partial charge in [-0.15, -0.1) is 0 Å². The quantitative estimate of drug-likeness (QED) is 0.225. The van der Waals surface area contributed by atoms with Crippen LogP contribution in [-0.4, -0.2) is 18.9 Å². The van der Waals surface area contributed by atoms with Crippen molar-refractivity contribution in [1.29, 1.82) is 0 Å². The van der Waals surface area contributed by atoms with Crippen LogP contribution in [0.25, 0.3) is 77.6 Å². The van der Waals surface area contributed by atoms with Crippen molar-refractivity contribution in [3.63, 3.8) is 0 Å². The minimum absolute atomic E-state index is 0.936. The van der Waals surface area contributed by atoms with E-state index in [-0.39, 0.29) is 0 Å². The van der Waals surface area contributed by atoms with E-state index < -0.39 is 0 Å². The summed E-state index contributed by atoms with van der Waals surface area (Å²) in [6.45, 7) is 0. The molecule has 5 aromatic carbocycles. The number of rotatable bonds is 3. The first-order valence-corrected chi connectivity index (χ1v) is 14.2. The lowest BCUT2D eigenvalue weighted by Crippen LogP contribution is -2.02. The Balaban J connectivity index is 1.51. The van der Waals surface area contributed by atoms with Gasteiger partial charge in [0, 0.05) is 27.3 Å². The van der Waals surface area contributed by atoms with Gasteiger partial charge in [-0.2, -0.15) is 0 Å². The lowest BCUT2D eigenvalue weighted by molar-refractivity contribution is 1.11. The molecule has 9 rings (SSSR count). The third-order valence-corrected chi connectivity index (χ3v) is 8.27. The first-order valence-electron chi connectivity index (χ1n) is 14.2. The summed E-state index contributed by atoms with van der Waals surface area (Å²) in [6.07, 6.45) is 0. The molecule has 0 fully saturated rings. The predicted octanol–water partition coefficient (Wildman–Crippen LogP) is 9.47. The summed E-state index contributed by atoms with van der Waals surface area (Å²) < 4.78 is 4.75. The molecule has 0 aliphatic heterocycles. The molecule has 0 saturated heterocycles. The highest BCUT2D eigenvalue weighted by Gasteiger charge is 2.22.